The maximum absolute atomic E-state index is 12.6. The molecule has 0 fully saturated rings. The van der Waals surface area contributed by atoms with Gasteiger partial charge in [-0.3, -0.25) is 0 Å². The molecule has 0 saturated heterocycles. The van der Waals surface area contributed by atoms with Crippen LogP contribution in [0.1, 0.15) is 11.1 Å². The lowest BCUT2D eigenvalue weighted by Gasteiger charge is -2.22. The molecule has 1 heterocycles. The number of rotatable bonds is 6. The van der Waals surface area contributed by atoms with Crippen molar-refractivity contribution in [3.63, 3.8) is 0 Å². The van der Waals surface area contributed by atoms with E-state index in [1.165, 1.54) is 30.6 Å². The van der Waals surface area contributed by atoms with Crippen LogP contribution in [0.15, 0.2) is 41.1 Å². The van der Waals surface area contributed by atoms with Gasteiger partial charge < -0.3 is 15.0 Å². The third kappa shape index (κ3) is 5.24. The fourth-order valence-electron chi connectivity index (χ4n) is 2.00. The Bertz CT molecular complexity index is 642. The van der Waals surface area contributed by atoms with E-state index in [0.717, 1.165) is 17.7 Å². The Hall–Kier alpha value is -2.06. The molecule has 0 spiro atoms. The van der Waals surface area contributed by atoms with Crippen LogP contribution in [0, 0.1) is 0 Å². The Labute approximate surface area is 141 Å². The van der Waals surface area contributed by atoms with E-state index in [1.54, 1.807) is 4.90 Å². The number of halogens is 3. The molecule has 130 valence electrons. The van der Waals surface area contributed by atoms with Gasteiger partial charge in [-0.25, -0.2) is 4.79 Å². The standard InChI is InChI=1S/C16H17F3N2O2S/c1-23-8-7-21(10-12-6-9-24-11-12)15(22)20-14-4-2-13(3-5-14)16(17,18)19/h2-6,9,11H,7-8,10H2,1H3,(H,20,22). The number of benzene rings is 1. The zero-order valence-electron chi connectivity index (χ0n) is 13.0. The summed E-state index contributed by atoms with van der Waals surface area (Å²) >= 11 is 1.53. The van der Waals surface area contributed by atoms with Gasteiger partial charge in [0.15, 0.2) is 0 Å². The molecule has 0 aliphatic carbocycles. The lowest BCUT2D eigenvalue weighted by atomic mass is 10.2. The quantitative estimate of drug-likeness (QED) is 0.829. The first-order valence-electron chi connectivity index (χ1n) is 7.13. The minimum absolute atomic E-state index is 0.306. The number of carbonyl (C=O) groups is 1. The van der Waals surface area contributed by atoms with Crippen LogP contribution in [0.3, 0.4) is 0 Å². The molecule has 0 unspecified atom stereocenters. The van der Waals surface area contributed by atoms with Gasteiger partial charge in [0.2, 0.25) is 0 Å². The van der Waals surface area contributed by atoms with E-state index < -0.39 is 17.8 Å². The largest absolute Gasteiger partial charge is 0.416 e. The van der Waals surface area contributed by atoms with Gasteiger partial charge in [0.25, 0.3) is 0 Å². The van der Waals surface area contributed by atoms with E-state index in [-0.39, 0.29) is 0 Å². The number of carbonyl (C=O) groups excluding carboxylic acids is 1. The molecule has 8 heteroatoms. The van der Waals surface area contributed by atoms with Crippen molar-refractivity contribution in [3.8, 4) is 0 Å². The monoisotopic (exact) mass is 358 g/mol. The van der Waals surface area contributed by atoms with Gasteiger partial charge in [-0.2, -0.15) is 24.5 Å². The second kappa shape index (κ2) is 8.16. The van der Waals surface area contributed by atoms with Crippen LogP contribution < -0.4 is 5.32 Å². The van der Waals surface area contributed by atoms with Gasteiger partial charge in [-0.05, 0) is 46.7 Å². The lowest BCUT2D eigenvalue weighted by Crippen LogP contribution is -2.36. The minimum Gasteiger partial charge on any atom is -0.383 e. The summed E-state index contributed by atoms with van der Waals surface area (Å²) in [7, 11) is 1.54. The molecule has 0 saturated carbocycles. The Morgan fingerprint density at radius 3 is 2.50 bits per heavy atom. The number of anilines is 1. The van der Waals surface area contributed by atoms with Gasteiger partial charge in [-0.1, -0.05) is 0 Å². The van der Waals surface area contributed by atoms with Crippen molar-refractivity contribution in [1.82, 2.24) is 4.90 Å². The summed E-state index contributed by atoms with van der Waals surface area (Å²) in [5.74, 6) is 0. The number of ether oxygens (including phenoxy) is 1. The van der Waals surface area contributed by atoms with Crippen molar-refractivity contribution < 1.29 is 22.7 Å². The SMILES string of the molecule is COCCN(Cc1ccsc1)C(=O)Nc1ccc(C(F)(F)F)cc1. The first kappa shape index (κ1) is 18.3. The Kier molecular flexibility index (Phi) is 6.22. The van der Waals surface area contributed by atoms with Crippen LogP contribution in [-0.4, -0.2) is 31.2 Å². The maximum Gasteiger partial charge on any atom is 0.416 e. The number of amides is 2. The highest BCUT2D eigenvalue weighted by Crippen LogP contribution is 2.29. The van der Waals surface area contributed by atoms with Crippen LogP contribution >= 0.6 is 11.3 Å². The van der Waals surface area contributed by atoms with Crippen LogP contribution in [0.4, 0.5) is 23.7 Å². The number of hydrogen-bond donors (Lipinski definition) is 1. The molecule has 2 rings (SSSR count). The fraction of sp³-hybridized carbons (Fsp3) is 0.312. The van der Waals surface area contributed by atoms with Crippen molar-refractivity contribution in [2.45, 2.75) is 12.7 Å². The van der Waals surface area contributed by atoms with E-state index in [4.69, 9.17) is 4.74 Å². The molecule has 1 N–H and O–H groups in total. The fourth-order valence-corrected chi connectivity index (χ4v) is 2.66. The third-order valence-corrected chi connectivity index (χ3v) is 4.00. The van der Waals surface area contributed by atoms with Crippen LogP contribution in [0.2, 0.25) is 0 Å². The second-order valence-electron chi connectivity index (χ2n) is 5.05. The molecular formula is C16H17F3N2O2S. The topological polar surface area (TPSA) is 41.6 Å². The number of urea groups is 1. The number of alkyl halides is 3. The Balaban J connectivity index is 2.03. The van der Waals surface area contributed by atoms with Crippen molar-refractivity contribution in [2.75, 3.05) is 25.6 Å². The van der Waals surface area contributed by atoms with E-state index in [2.05, 4.69) is 5.32 Å². The van der Waals surface area contributed by atoms with Crippen LogP contribution in [0.25, 0.3) is 0 Å². The first-order chi connectivity index (χ1) is 11.4. The molecule has 0 radical (unpaired) electrons. The van der Waals surface area contributed by atoms with Crippen LogP contribution in [0.5, 0.6) is 0 Å². The highest BCUT2D eigenvalue weighted by molar-refractivity contribution is 7.07. The van der Waals surface area contributed by atoms with Crippen molar-refractivity contribution in [3.05, 3.63) is 52.2 Å². The highest BCUT2D eigenvalue weighted by Gasteiger charge is 2.30. The molecule has 1 aromatic heterocycles. The summed E-state index contributed by atoms with van der Waals surface area (Å²) in [4.78, 5) is 13.9. The number of nitrogens with one attached hydrogen (secondary N) is 1. The second-order valence-corrected chi connectivity index (χ2v) is 5.83. The van der Waals surface area contributed by atoms with E-state index >= 15 is 0 Å². The Morgan fingerprint density at radius 2 is 1.96 bits per heavy atom. The predicted octanol–water partition coefficient (Wildman–Crippen LogP) is 4.45. The number of thiophene rings is 1. The summed E-state index contributed by atoms with van der Waals surface area (Å²) in [5, 5.41) is 6.46. The lowest BCUT2D eigenvalue weighted by molar-refractivity contribution is -0.137. The van der Waals surface area contributed by atoms with Gasteiger partial charge in [0.05, 0.1) is 12.2 Å². The molecule has 0 aliphatic rings. The zero-order valence-corrected chi connectivity index (χ0v) is 13.8. The average Bonchev–Trinajstić information content (AvgIpc) is 3.04. The van der Waals surface area contributed by atoms with E-state index in [0.29, 0.717) is 25.4 Å². The zero-order chi connectivity index (χ0) is 17.6. The van der Waals surface area contributed by atoms with E-state index in [9.17, 15) is 18.0 Å². The summed E-state index contributed by atoms with van der Waals surface area (Å²) in [5.41, 5.74) is 0.536. The summed E-state index contributed by atoms with van der Waals surface area (Å²) in [6, 6.07) is 5.87. The van der Waals surface area contributed by atoms with Crippen molar-refractivity contribution >= 4 is 23.1 Å². The molecule has 1 aromatic carbocycles. The van der Waals surface area contributed by atoms with Crippen LogP contribution in [-0.2, 0) is 17.5 Å². The molecule has 4 nitrogen and oxygen atoms in total. The molecular weight excluding hydrogens is 341 g/mol. The van der Waals surface area contributed by atoms with Gasteiger partial charge in [0, 0.05) is 25.9 Å². The molecule has 0 atom stereocenters. The summed E-state index contributed by atoms with van der Waals surface area (Å²) in [6.07, 6.45) is -4.40. The van der Waals surface area contributed by atoms with Gasteiger partial charge in [-0.15, -0.1) is 0 Å². The average molecular weight is 358 g/mol. The number of methoxy groups -OCH3 is 1. The number of hydrogen-bond acceptors (Lipinski definition) is 3. The van der Waals surface area contributed by atoms with Crippen molar-refractivity contribution in [2.24, 2.45) is 0 Å². The Morgan fingerprint density at radius 1 is 1.25 bits per heavy atom. The maximum atomic E-state index is 12.6. The van der Waals surface area contributed by atoms with Gasteiger partial charge >= 0.3 is 12.2 Å². The normalized spacial score (nSPS) is 11.3. The van der Waals surface area contributed by atoms with Gasteiger partial charge in [0.1, 0.15) is 0 Å². The van der Waals surface area contributed by atoms with E-state index in [1.807, 2.05) is 16.8 Å². The summed E-state index contributed by atoms with van der Waals surface area (Å²) < 4.78 is 42.7. The molecule has 0 bridgehead atoms. The molecule has 0 aliphatic heterocycles. The van der Waals surface area contributed by atoms with Crippen molar-refractivity contribution in [1.29, 1.82) is 0 Å². The molecule has 2 aromatic rings. The summed E-state index contributed by atoms with van der Waals surface area (Å²) in [6.45, 7) is 1.14. The highest BCUT2D eigenvalue weighted by atomic mass is 32.1. The first-order valence-corrected chi connectivity index (χ1v) is 8.07. The number of nitrogens with zero attached hydrogens (tertiary/aromatic N) is 1. The minimum atomic E-state index is -4.40. The molecule has 24 heavy (non-hydrogen) atoms. The third-order valence-electron chi connectivity index (χ3n) is 3.27. The molecule has 2 amide bonds. The smallest absolute Gasteiger partial charge is 0.383 e. The predicted molar refractivity (Wildman–Crippen MR) is 87.1 cm³/mol.